The van der Waals surface area contributed by atoms with Crippen molar-refractivity contribution in [2.24, 2.45) is 4.99 Å². The number of hydrogen-bond donors (Lipinski definition) is 0. The minimum atomic E-state index is -0.131. The topological polar surface area (TPSA) is 38.7 Å². The molecule has 0 atom stereocenters. The first-order chi connectivity index (χ1) is 13.2. The van der Waals surface area contributed by atoms with Gasteiger partial charge in [-0.15, -0.1) is 0 Å². The second-order valence-corrected chi connectivity index (χ2v) is 8.17. The van der Waals surface area contributed by atoms with E-state index in [-0.39, 0.29) is 5.97 Å². The van der Waals surface area contributed by atoms with E-state index in [1.807, 2.05) is 30.8 Å². The number of allylic oxidation sites excluding steroid dienone is 2. The Kier molecular flexibility index (Phi) is 10.3. The third-order valence-electron chi connectivity index (χ3n) is 4.64. The largest absolute Gasteiger partial charge is 0.466 e. The number of carbonyl (C=O) groups excluding carboxylic acids is 1. The van der Waals surface area contributed by atoms with Crippen molar-refractivity contribution in [3.8, 4) is 0 Å². The monoisotopic (exact) mass is 387 g/mol. The second-order valence-electron chi connectivity index (χ2n) is 6.97. The average Bonchev–Trinajstić information content (AvgIpc) is 3.11. The fourth-order valence-corrected chi connectivity index (χ4v) is 4.13. The molecule has 27 heavy (non-hydrogen) atoms. The molecule has 0 aromatic heterocycles. The number of unbranched alkanes of at least 4 members (excludes halogenated alkanes) is 5. The Morgan fingerprint density at radius 2 is 1.78 bits per heavy atom. The van der Waals surface area contributed by atoms with Crippen LogP contribution in [0.4, 0.5) is 5.69 Å². The molecular weight excluding hydrogens is 354 g/mol. The lowest BCUT2D eigenvalue weighted by Gasteiger charge is -2.04. The van der Waals surface area contributed by atoms with Gasteiger partial charge >= 0.3 is 5.97 Å². The Morgan fingerprint density at radius 3 is 2.52 bits per heavy atom. The second kappa shape index (κ2) is 12.8. The first-order valence-corrected chi connectivity index (χ1v) is 11.2. The fourth-order valence-electron chi connectivity index (χ4n) is 3.10. The molecule has 1 aliphatic rings. The van der Waals surface area contributed by atoms with Crippen LogP contribution >= 0.6 is 11.8 Å². The predicted molar refractivity (Wildman–Crippen MR) is 117 cm³/mol. The molecule has 0 amide bonds. The summed E-state index contributed by atoms with van der Waals surface area (Å²) in [6.45, 7) is 4.54. The van der Waals surface area contributed by atoms with Crippen molar-refractivity contribution < 1.29 is 9.53 Å². The van der Waals surface area contributed by atoms with Gasteiger partial charge < -0.3 is 4.74 Å². The predicted octanol–water partition coefficient (Wildman–Crippen LogP) is 6.98. The molecule has 1 heterocycles. The summed E-state index contributed by atoms with van der Waals surface area (Å²) in [4.78, 5) is 17.7. The maximum atomic E-state index is 11.4. The van der Waals surface area contributed by atoms with Crippen LogP contribution in [0.3, 0.4) is 0 Å². The molecule has 3 nitrogen and oxygen atoms in total. The molecule has 1 aliphatic heterocycles. The fraction of sp³-hybridized carbons (Fsp3) is 0.565. The molecule has 0 bridgehead atoms. The number of ether oxygens (including phenoxy) is 1. The van der Waals surface area contributed by atoms with Gasteiger partial charge in [0.1, 0.15) is 0 Å². The highest BCUT2D eigenvalue weighted by Gasteiger charge is 2.12. The van der Waals surface area contributed by atoms with Crippen molar-refractivity contribution in [2.75, 3.05) is 6.61 Å². The average molecular weight is 388 g/mol. The summed E-state index contributed by atoms with van der Waals surface area (Å²) >= 11 is 1.85. The Hall–Kier alpha value is -1.55. The Bertz CT molecular complexity index is 634. The number of benzene rings is 1. The molecule has 0 saturated heterocycles. The van der Waals surface area contributed by atoms with Gasteiger partial charge in [-0.1, -0.05) is 69.0 Å². The highest BCUT2D eigenvalue weighted by atomic mass is 32.2. The smallest absolute Gasteiger partial charge is 0.306 e. The highest BCUT2D eigenvalue weighted by Crippen LogP contribution is 2.33. The van der Waals surface area contributed by atoms with Gasteiger partial charge in [0.2, 0.25) is 0 Å². The number of rotatable bonds is 12. The van der Waals surface area contributed by atoms with E-state index in [9.17, 15) is 4.79 Å². The standard InChI is InChI=1S/C23H33NO2S/c1-3-5-6-7-8-9-10-21-16-17-22(27-21)24-20-14-11-19(12-15-20)13-18-23(25)26-4-2/h11-12,14-16H,3-10,13,17-18H2,1-2H3. The van der Waals surface area contributed by atoms with E-state index >= 15 is 0 Å². The maximum Gasteiger partial charge on any atom is 0.306 e. The zero-order valence-corrected chi connectivity index (χ0v) is 17.7. The summed E-state index contributed by atoms with van der Waals surface area (Å²) in [5, 5.41) is 1.19. The minimum Gasteiger partial charge on any atom is -0.466 e. The van der Waals surface area contributed by atoms with Crippen molar-refractivity contribution in [2.45, 2.75) is 78.1 Å². The third kappa shape index (κ3) is 8.79. The first-order valence-electron chi connectivity index (χ1n) is 10.4. The lowest BCUT2D eigenvalue weighted by Crippen LogP contribution is -2.04. The number of hydrogen-bond acceptors (Lipinski definition) is 4. The van der Waals surface area contributed by atoms with Crippen molar-refractivity contribution in [3.63, 3.8) is 0 Å². The van der Waals surface area contributed by atoms with Gasteiger partial charge in [0, 0.05) is 12.8 Å². The maximum absolute atomic E-state index is 11.4. The van der Waals surface area contributed by atoms with Crippen molar-refractivity contribution in [1.29, 1.82) is 0 Å². The number of thioether (sulfide) groups is 1. The van der Waals surface area contributed by atoms with Gasteiger partial charge in [0.25, 0.3) is 0 Å². The number of esters is 1. The van der Waals surface area contributed by atoms with E-state index in [2.05, 4.69) is 25.1 Å². The van der Waals surface area contributed by atoms with Crippen molar-refractivity contribution >= 4 is 28.5 Å². The van der Waals surface area contributed by atoms with Crippen LogP contribution < -0.4 is 0 Å². The summed E-state index contributed by atoms with van der Waals surface area (Å²) in [6, 6.07) is 8.20. The van der Waals surface area contributed by atoms with E-state index < -0.39 is 0 Å². The minimum absolute atomic E-state index is 0.131. The van der Waals surface area contributed by atoms with Crippen LogP contribution in [-0.2, 0) is 16.0 Å². The molecule has 2 rings (SSSR count). The summed E-state index contributed by atoms with van der Waals surface area (Å²) < 4.78 is 4.97. The Labute approximate surface area is 168 Å². The van der Waals surface area contributed by atoms with E-state index in [1.165, 1.54) is 54.9 Å². The molecule has 0 fully saturated rings. The number of carbonyl (C=O) groups is 1. The number of aryl methyl sites for hydroxylation is 1. The van der Waals surface area contributed by atoms with E-state index in [0.29, 0.717) is 19.4 Å². The number of nitrogens with zero attached hydrogens (tertiary/aromatic N) is 1. The normalized spacial score (nSPS) is 15.2. The highest BCUT2D eigenvalue weighted by molar-refractivity contribution is 8.17. The first kappa shape index (κ1) is 21.7. The summed E-state index contributed by atoms with van der Waals surface area (Å²) in [5.74, 6) is -0.131. The van der Waals surface area contributed by atoms with Gasteiger partial charge in [0.05, 0.1) is 17.3 Å². The van der Waals surface area contributed by atoms with E-state index in [0.717, 1.165) is 17.7 Å². The quantitative estimate of drug-likeness (QED) is 0.287. The summed E-state index contributed by atoms with van der Waals surface area (Å²) in [7, 11) is 0. The van der Waals surface area contributed by atoms with Gasteiger partial charge in [-0.3, -0.25) is 4.79 Å². The molecule has 0 aliphatic carbocycles. The molecule has 0 radical (unpaired) electrons. The molecule has 0 unspecified atom stereocenters. The van der Waals surface area contributed by atoms with Crippen LogP contribution in [0, 0.1) is 0 Å². The molecule has 0 N–H and O–H groups in total. The van der Waals surface area contributed by atoms with Crippen LogP contribution in [0.25, 0.3) is 0 Å². The van der Waals surface area contributed by atoms with E-state index in [1.54, 1.807) is 0 Å². The molecule has 4 heteroatoms. The zero-order chi connectivity index (χ0) is 19.3. The zero-order valence-electron chi connectivity index (χ0n) is 16.8. The van der Waals surface area contributed by atoms with E-state index in [4.69, 9.17) is 9.73 Å². The van der Waals surface area contributed by atoms with Gasteiger partial charge in [0.15, 0.2) is 0 Å². The summed E-state index contributed by atoms with van der Waals surface area (Å²) in [5.41, 5.74) is 2.14. The van der Waals surface area contributed by atoms with Crippen LogP contribution in [0.5, 0.6) is 0 Å². The molecule has 1 aromatic carbocycles. The molecular formula is C23H33NO2S. The lowest BCUT2D eigenvalue weighted by atomic mass is 10.1. The van der Waals surface area contributed by atoms with Crippen LogP contribution in [0.1, 0.15) is 77.2 Å². The Morgan fingerprint density at radius 1 is 1.04 bits per heavy atom. The van der Waals surface area contributed by atoms with Crippen molar-refractivity contribution in [3.05, 3.63) is 40.8 Å². The summed E-state index contributed by atoms with van der Waals surface area (Å²) in [6.07, 6.45) is 13.7. The van der Waals surface area contributed by atoms with Crippen molar-refractivity contribution in [1.82, 2.24) is 0 Å². The van der Waals surface area contributed by atoms with Gasteiger partial charge in [-0.25, -0.2) is 4.99 Å². The molecule has 148 valence electrons. The van der Waals surface area contributed by atoms with Crippen LogP contribution in [-0.4, -0.2) is 17.6 Å². The Balaban J connectivity index is 1.70. The molecule has 0 saturated carbocycles. The van der Waals surface area contributed by atoms with Gasteiger partial charge in [-0.2, -0.15) is 0 Å². The third-order valence-corrected chi connectivity index (χ3v) is 5.77. The SMILES string of the molecule is CCCCCCCCC1=CCC(=Nc2ccc(CCC(=O)OCC)cc2)S1. The van der Waals surface area contributed by atoms with Crippen LogP contribution in [0.2, 0.25) is 0 Å². The number of aliphatic imine (C=N–C) groups is 1. The molecule has 1 aromatic rings. The molecule has 0 spiro atoms. The lowest BCUT2D eigenvalue weighted by molar-refractivity contribution is -0.143. The van der Waals surface area contributed by atoms with Gasteiger partial charge in [-0.05, 0) is 48.8 Å². The van der Waals surface area contributed by atoms with Crippen LogP contribution in [0.15, 0.2) is 40.2 Å².